The van der Waals surface area contributed by atoms with Crippen molar-refractivity contribution in [1.82, 2.24) is 19.7 Å². The van der Waals surface area contributed by atoms with E-state index in [0.717, 1.165) is 16.7 Å². The van der Waals surface area contributed by atoms with Crippen molar-refractivity contribution >= 4 is 17.1 Å². The predicted molar refractivity (Wildman–Crippen MR) is 86.8 cm³/mol. The summed E-state index contributed by atoms with van der Waals surface area (Å²) in [5.41, 5.74) is 2.73. The minimum atomic E-state index is -0.0223. The van der Waals surface area contributed by atoms with Gasteiger partial charge in [-0.15, -0.1) is 0 Å². The van der Waals surface area contributed by atoms with Crippen molar-refractivity contribution < 1.29 is 4.42 Å². The molecule has 0 amide bonds. The summed E-state index contributed by atoms with van der Waals surface area (Å²) in [6.45, 7) is 0.628. The second kappa shape index (κ2) is 5.92. The Morgan fingerprint density at radius 3 is 2.65 bits per heavy atom. The van der Waals surface area contributed by atoms with Gasteiger partial charge >= 0.3 is 0 Å². The molecule has 0 radical (unpaired) electrons. The highest BCUT2D eigenvalue weighted by atomic mass is 16.4. The molecule has 6 nitrogen and oxygen atoms in total. The monoisotopic (exact) mass is 305 g/mol. The van der Waals surface area contributed by atoms with Crippen molar-refractivity contribution in [2.24, 2.45) is 0 Å². The number of hydrogen-bond acceptors (Lipinski definition) is 5. The summed E-state index contributed by atoms with van der Waals surface area (Å²) < 4.78 is 7.56. The summed E-state index contributed by atoms with van der Waals surface area (Å²) in [5.74, 6) is 0. The molecule has 0 bridgehead atoms. The Kier molecular flexibility index (Phi) is 3.48. The normalized spacial score (nSPS) is 12.3. The Bertz CT molecular complexity index is 853. The largest absolute Gasteiger partial charge is 0.424 e. The first-order valence-electron chi connectivity index (χ1n) is 7.38. The molecule has 0 unspecified atom stereocenters. The number of para-hydroxylation sites is 2. The number of nitrogens with zero attached hydrogens (tertiary/aromatic N) is 4. The molecule has 0 aliphatic rings. The van der Waals surface area contributed by atoms with Gasteiger partial charge in [0.1, 0.15) is 18.2 Å². The average molecular weight is 305 g/mol. The molecule has 0 aliphatic carbocycles. The van der Waals surface area contributed by atoms with Gasteiger partial charge in [-0.05, 0) is 17.7 Å². The molecule has 2 heterocycles. The zero-order valence-electron chi connectivity index (χ0n) is 12.3. The number of hydrogen-bond donors (Lipinski definition) is 1. The fourth-order valence-corrected chi connectivity index (χ4v) is 2.52. The Labute approximate surface area is 132 Å². The molecule has 114 valence electrons. The minimum absolute atomic E-state index is 0.0223. The van der Waals surface area contributed by atoms with Crippen LogP contribution in [0.5, 0.6) is 0 Å². The Morgan fingerprint density at radius 1 is 1.04 bits per heavy atom. The van der Waals surface area contributed by atoms with Gasteiger partial charge in [0.2, 0.25) is 0 Å². The van der Waals surface area contributed by atoms with Crippen LogP contribution in [-0.4, -0.2) is 19.7 Å². The molecule has 1 N–H and O–H groups in total. The van der Waals surface area contributed by atoms with Crippen LogP contribution >= 0.6 is 0 Å². The molecule has 0 spiro atoms. The summed E-state index contributed by atoms with van der Waals surface area (Å²) in [4.78, 5) is 8.48. The smallest absolute Gasteiger partial charge is 0.296 e. The van der Waals surface area contributed by atoms with Crippen molar-refractivity contribution in [3.05, 3.63) is 72.8 Å². The van der Waals surface area contributed by atoms with Gasteiger partial charge in [-0.3, -0.25) is 4.68 Å². The number of fused-ring (bicyclic) bond motifs is 1. The van der Waals surface area contributed by atoms with E-state index in [2.05, 4.69) is 32.5 Å². The number of rotatable bonds is 5. The summed E-state index contributed by atoms with van der Waals surface area (Å²) in [5, 5.41) is 7.54. The third-order valence-electron chi connectivity index (χ3n) is 3.63. The topological polar surface area (TPSA) is 68.8 Å². The second-order valence-corrected chi connectivity index (χ2v) is 5.21. The highest BCUT2D eigenvalue weighted by Gasteiger charge is 2.15. The van der Waals surface area contributed by atoms with Gasteiger partial charge in [0.25, 0.3) is 6.01 Å². The molecule has 4 rings (SSSR count). The van der Waals surface area contributed by atoms with Crippen LogP contribution in [0.1, 0.15) is 11.6 Å². The van der Waals surface area contributed by atoms with Crippen molar-refractivity contribution in [3.63, 3.8) is 0 Å². The van der Waals surface area contributed by atoms with Gasteiger partial charge in [-0.25, -0.2) is 4.98 Å². The van der Waals surface area contributed by atoms with E-state index in [1.165, 1.54) is 6.33 Å². The van der Waals surface area contributed by atoms with Gasteiger partial charge < -0.3 is 9.73 Å². The summed E-state index contributed by atoms with van der Waals surface area (Å²) in [6, 6.07) is 18.3. The SMILES string of the molecule is c1ccc([C@H](Cn2cncn2)Nc2nc3ccccc3o2)cc1. The number of nitrogens with one attached hydrogen (secondary N) is 1. The zero-order chi connectivity index (χ0) is 15.5. The molecule has 2 aromatic heterocycles. The van der Waals surface area contributed by atoms with E-state index >= 15 is 0 Å². The van der Waals surface area contributed by atoms with Crippen LogP contribution in [0, 0.1) is 0 Å². The lowest BCUT2D eigenvalue weighted by molar-refractivity contribution is 0.526. The molecule has 0 aliphatic heterocycles. The van der Waals surface area contributed by atoms with Gasteiger partial charge in [0.05, 0.1) is 12.6 Å². The zero-order valence-corrected chi connectivity index (χ0v) is 12.3. The first-order chi connectivity index (χ1) is 11.4. The van der Waals surface area contributed by atoms with Crippen molar-refractivity contribution in [3.8, 4) is 0 Å². The summed E-state index contributed by atoms with van der Waals surface area (Å²) in [7, 11) is 0. The van der Waals surface area contributed by atoms with E-state index in [1.54, 1.807) is 11.0 Å². The lowest BCUT2D eigenvalue weighted by atomic mass is 10.1. The molecule has 6 heteroatoms. The lowest BCUT2D eigenvalue weighted by Gasteiger charge is -2.17. The van der Waals surface area contributed by atoms with Gasteiger partial charge in [-0.1, -0.05) is 42.5 Å². The van der Waals surface area contributed by atoms with Crippen LogP contribution in [0.15, 0.2) is 71.7 Å². The van der Waals surface area contributed by atoms with Crippen molar-refractivity contribution in [2.45, 2.75) is 12.6 Å². The molecule has 4 aromatic rings. The van der Waals surface area contributed by atoms with Gasteiger partial charge in [-0.2, -0.15) is 10.1 Å². The Hall–Kier alpha value is -3.15. The van der Waals surface area contributed by atoms with E-state index in [9.17, 15) is 0 Å². The van der Waals surface area contributed by atoms with E-state index in [1.807, 2.05) is 42.5 Å². The van der Waals surface area contributed by atoms with Crippen LogP contribution in [0.25, 0.3) is 11.1 Å². The molecule has 1 atom stereocenters. The van der Waals surface area contributed by atoms with Gasteiger partial charge in [0.15, 0.2) is 5.58 Å². The predicted octanol–water partition coefficient (Wildman–Crippen LogP) is 3.27. The molecule has 0 saturated heterocycles. The van der Waals surface area contributed by atoms with Crippen LogP contribution in [0.3, 0.4) is 0 Å². The first kappa shape index (κ1) is 13.5. The molecular formula is C17H15N5O. The number of oxazole rings is 1. The summed E-state index contributed by atoms with van der Waals surface area (Å²) in [6.07, 6.45) is 3.23. The summed E-state index contributed by atoms with van der Waals surface area (Å²) >= 11 is 0. The van der Waals surface area contributed by atoms with E-state index in [0.29, 0.717) is 12.6 Å². The third-order valence-corrected chi connectivity index (χ3v) is 3.63. The number of aromatic nitrogens is 4. The van der Waals surface area contributed by atoms with E-state index < -0.39 is 0 Å². The lowest BCUT2D eigenvalue weighted by Crippen LogP contribution is -2.18. The van der Waals surface area contributed by atoms with E-state index in [-0.39, 0.29) is 6.04 Å². The average Bonchev–Trinajstić information content (AvgIpc) is 3.24. The highest BCUT2D eigenvalue weighted by Crippen LogP contribution is 2.24. The number of benzene rings is 2. The van der Waals surface area contributed by atoms with Crippen LogP contribution < -0.4 is 5.32 Å². The standard InChI is InChI=1S/C17H15N5O/c1-2-6-13(7-3-1)15(10-22-12-18-11-19-22)21-17-20-14-8-4-5-9-16(14)23-17/h1-9,11-12,15H,10H2,(H,20,21)/t15-/m0/s1. The van der Waals surface area contributed by atoms with Crippen molar-refractivity contribution in [2.75, 3.05) is 5.32 Å². The maximum Gasteiger partial charge on any atom is 0.296 e. The molecule has 0 fully saturated rings. The Morgan fingerprint density at radius 2 is 1.87 bits per heavy atom. The maximum atomic E-state index is 5.77. The third kappa shape index (κ3) is 2.91. The van der Waals surface area contributed by atoms with Crippen LogP contribution in [-0.2, 0) is 6.54 Å². The fourth-order valence-electron chi connectivity index (χ4n) is 2.52. The van der Waals surface area contributed by atoms with Crippen molar-refractivity contribution in [1.29, 1.82) is 0 Å². The molecule has 0 saturated carbocycles. The second-order valence-electron chi connectivity index (χ2n) is 5.21. The van der Waals surface area contributed by atoms with Crippen LogP contribution in [0.4, 0.5) is 6.01 Å². The van der Waals surface area contributed by atoms with E-state index in [4.69, 9.17) is 4.42 Å². The highest BCUT2D eigenvalue weighted by molar-refractivity contribution is 5.74. The first-order valence-corrected chi connectivity index (χ1v) is 7.38. The minimum Gasteiger partial charge on any atom is -0.424 e. The molecular weight excluding hydrogens is 290 g/mol. The van der Waals surface area contributed by atoms with Gasteiger partial charge in [0, 0.05) is 0 Å². The quantitative estimate of drug-likeness (QED) is 0.613. The Balaban J connectivity index is 1.64. The van der Waals surface area contributed by atoms with Crippen LogP contribution in [0.2, 0.25) is 0 Å². The molecule has 23 heavy (non-hydrogen) atoms. The number of anilines is 1. The molecule has 2 aromatic carbocycles. The maximum absolute atomic E-state index is 5.77. The fraction of sp³-hybridized carbons (Fsp3) is 0.118.